The molecule has 0 bridgehead atoms. The molecule has 1 fully saturated rings. The molecule has 3 aromatic rings. The fraction of sp³-hybridized carbons (Fsp3) is 0.300. The van der Waals surface area contributed by atoms with Crippen LogP contribution in [0.4, 0.5) is 17.3 Å². The minimum absolute atomic E-state index is 0.101. The number of hydrogen-bond donors (Lipinski definition) is 1. The van der Waals surface area contributed by atoms with E-state index >= 15 is 0 Å². The van der Waals surface area contributed by atoms with Crippen LogP contribution in [0.2, 0.25) is 0 Å². The van der Waals surface area contributed by atoms with Crippen molar-refractivity contribution in [2.75, 3.05) is 36.4 Å². The van der Waals surface area contributed by atoms with Crippen LogP contribution >= 0.6 is 0 Å². The van der Waals surface area contributed by atoms with Crippen molar-refractivity contribution in [1.82, 2.24) is 14.9 Å². The Morgan fingerprint density at radius 2 is 1.86 bits per heavy atom. The van der Waals surface area contributed by atoms with Crippen LogP contribution in [0.25, 0.3) is 0 Å². The molecule has 0 unspecified atom stereocenters. The van der Waals surface area contributed by atoms with E-state index in [1.54, 1.807) is 18.4 Å². The lowest BCUT2D eigenvalue weighted by molar-refractivity contribution is -0.383. The average Bonchev–Trinajstić information content (AvgIpc) is 3.27. The van der Waals surface area contributed by atoms with E-state index in [1.165, 1.54) is 11.9 Å². The minimum Gasteiger partial charge on any atom is -0.467 e. The van der Waals surface area contributed by atoms with Crippen LogP contribution in [0.15, 0.2) is 59.5 Å². The van der Waals surface area contributed by atoms with Crippen molar-refractivity contribution >= 4 is 17.3 Å². The summed E-state index contributed by atoms with van der Waals surface area (Å²) in [6.45, 7) is 4.15. The Balaban J connectivity index is 1.45. The number of nitrogens with one attached hydrogen (secondary N) is 1. The summed E-state index contributed by atoms with van der Waals surface area (Å²) in [5, 5.41) is 14.8. The van der Waals surface area contributed by atoms with Gasteiger partial charge >= 0.3 is 5.69 Å². The molecular weight excluding hydrogens is 372 g/mol. The molecule has 4 rings (SSSR count). The van der Waals surface area contributed by atoms with Crippen LogP contribution in [0, 0.1) is 10.1 Å². The van der Waals surface area contributed by atoms with Gasteiger partial charge in [0.05, 0.1) is 17.7 Å². The molecule has 29 heavy (non-hydrogen) atoms. The molecule has 9 nitrogen and oxygen atoms in total. The van der Waals surface area contributed by atoms with Crippen LogP contribution in [0.1, 0.15) is 11.3 Å². The second-order valence-electron chi connectivity index (χ2n) is 6.83. The minimum atomic E-state index is -0.420. The van der Waals surface area contributed by atoms with E-state index in [0.29, 0.717) is 31.2 Å². The van der Waals surface area contributed by atoms with Gasteiger partial charge in [0, 0.05) is 32.7 Å². The van der Waals surface area contributed by atoms with Crippen LogP contribution in [-0.4, -0.2) is 46.0 Å². The van der Waals surface area contributed by atoms with Gasteiger partial charge in [-0.3, -0.25) is 15.0 Å². The van der Waals surface area contributed by atoms with Gasteiger partial charge < -0.3 is 14.6 Å². The Hall–Kier alpha value is -3.46. The predicted molar refractivity (Wildman–Crippen MR) is 109 cm³/mol. The Bertz CT molecular complexity index is 940. The molecule has 2 aromatic heterocycles. The Morgan fingerprint density at radius 1 is 1.07 bits per heavy atom. The van der Waals surface area contributed by atoms with Crippen molar-refractivity contribution < 1.29 is 9.34 Å². The van der Waals surface area contributed by atoms with Crippen LogP contribution in [-0.2, 0) is 13.1 Å². The van der Waals surface area contributed by atoms with E-state index in [-0.39, 0.29) is 11.5 Å². The first-order valence-corrected chi connectivity index (χ1v) is 9.47. The second-order valence-corrected chi connectivity index (χ2v) is 6.83. The molecule has 0 amide bonds. The standard InChI is InChI=1S/C20H22N6O3/c27-26(28)18-19(21-13-17-7-4-12-29-17)22-15-23-20(18)25-10-8-24(9-11-25)14-16-5-2-1-3-6-16/h1-7,12,15H,8-11,13-14H2,(H,21,22,23). The fourth-order valence-corrected chi connectivity index (χ4v) is 3.44. The third-order valence-corrected chi connectivity index (χ3v) is 4.92. The summed E-state index contributed by atoms with van der Waals surface area (Å²) in [5.74, 6) is 1.23. The highest BCUT2D eigenvalue weighted by molar-refractivity contribution is 5.70. The molecule has 1 aliphatic heterocycles. The number of piperazine rings is 1. The van der Waals surface area contributed by atoms with Crippen LogP contribution in [0.3, 0.4) is 0 Å². The highest BCUT2D eigenvalue weighted by Gasteiger charge is 2.29. The number of benzene rings is 1. The zero-order valence-electron chi connectivity index (χ0n) is 15.9. The molecule has 1 N–H and O–H groups in total. The lowest BCUT2D eigenvalue weighted by atomic mass is 10.2. The van der Waals surface area contributed by atoms with Gasteiger partial charge in [-0.15, -0.1) is 0 Å². The van der Waals surface area contributed by atoms with Gasteiger partial charge in [-0.2, -0.15) is 0 Å². The summed E-state index contributed by atoms with van der Waals surface area (Å²) >= 11 is 0. The van der Waals surface area contributed by atoms with E-state index in [1.807, 2.05) is 23.1 Å². The molecule has 1 saturated heterocycles. The highest BCUT2D eigenvalue weighted by Crippen LogP contribution is 2.32. The maximum Gasteiger partial charge on any atom is 0.353 e. The lowest BCUT2D eigenvalue weighted by Crippen LogP contribution is -2.46. The fourth-order valence-electron chi connectivity index (χ4n) is 3.44. The summed E-state index contributed by atoms with van der Waals surface area (Å²) in [6.07, 6.45) is 2.93. The van der Waals surface area contributed by atoms with E-state index in [2.05, 4.69) is 32.3 Å². The normalized spacial score (nSPS) is 14.7. The van der Waals surface area contributed by atoms with Gasteiger partial charge in [-0.25, -0.2) is 9.97 Å². The topological polar surface area (TPSA) is 101 Å². The maximum atomic E-state index is 11.8. The number of aromatic nitrogens is 2. The van der Waals surface area contributed by atoms with Crippen molar-refractivity contribution in [1.29, 1.82) is 0 Å². The molecule has 0 radical (unpaired) electrons. The summed E-state index contributed by atoms with van der Waals surface area (Å²) in [6, 6.07) is 13.9. The molecule has 0 spiro atoms. The summed E-state index contributed by atoms with van der Waals surface area (Å²) in [7, 11) is 0. The maximum absolute atomic E-state index is 11.8. The third-order valence-electron chi connectivity index (χ3n) is 4.92. The molecule has 0 saturated carbocycles. The molecule has 3 heterocycles. The van der Waals surface area contributed by atoms with Gasteiger partial charge in [0.2, 0.25) is 11.6 Å². The molecule has 0 atom stereocenters. The summed E-state index contributed by atoms with van der Waals surface area (Å²) in [4.78, 5) is 24.0. The monoisotopic (exact) mass is 394 g/mol. The van der Waals surface area contributed by atoms with E-state index < -0.39 is 4.92 Å². The number of nitro groups is 1. The molecule has 1 aromatic carbocycles. The van der Waals surface area contributed by atoms with Crippen LogP contribution in [0.5, 0.6) is 0 Å². The zero-order valence-corrected chi connectivity index (χ0v) is 15.9. The van der Waals surface area contributed by atoms with Crippen molar-refractivity contribution in [2.24, 2.45) is 0 Å². The number of hydrogen-bond acceptors (Lipinski definition) is 8. The Kier molecular flexibility index (Phi) is 5.66. The molecule has 0 aliphatic carbocycles. The summed E-state index contributed by atoms with van der Waals surface area (Å²) in [5.41, 5.74) is 1.16. The van der Waals surface area contributed by atoms with Crippen molar-refractivity contribution in [3.63, 3.8) is 0 Å². The van der Waals surface area contributed by atoms with Gasteiger partial charge in [-0.05, 0) is 17.7 Å². The van der Waals surface area contributed by atoms with Gasteiger partial charge in [0.15, 0.2) is 0 Å². The first-order valence-electron chi connectivity index (χ1n) is 9.47. The second kappa shape index (κ2) is 8.70. The van der Waals surface area contributed by atoms with Crippen LogP contribution < -0.4 is 10.2 Å². The van der Waals surface area contributed by atoms with Crippen molar-refractivity contribution in [3.05, 3.63) is 76.5 Å². The third kappa shape index (κ3) is 4.52. The van der Waals surface area contributed by atoms with E-state index in [9.17, 15) is 10.1 Å². The number of nitrogens with zero attached hydrogens (tertiary/aromatic N) is 5. The molecule has 9 heteroatoms. The van der Waals surface area contributed by atoms with Gasteiger partial charge in [0.1, 0.15) is 12.1 Å². The van der Waals surface area contributed by atoms with Gasteiger partial charge in [0.25, 0.3) is 0 Å². The zero-order chi connectivity index (χ0) is 20.1. The molecule has 150 valence electrons. The first kappa shape index (κ1) is 18.9. The predicted octanol–water partition coefficient (Wildman–Crippen LogP) is 2.91. The highest BCUT2D eigenvalue weighted by atomic mass is 16.6. The summed E-state index contributed by atoms with van der Waals surface area (Å²) < 4.78 is 5.27. The SMILES string of the molecule is O=[N+]([O-])c1c(NCc2ccco2)ncnc1N1CCN(Cc2ccccc2)CC1. The first-order chi connectivity index (χ1) is 14.2. The van der Waals surface area contributed by atoms with Crippen molar-refractivity contribution in [3.8, 4) is 0 Å². The van der Waals surface area contributed by atoms with E-state index in [0.717, 1.165) is 19.6 Å². The number of furan rings is 1. The van der Waals surface area contributed by atoms with Crippen molar-refractivity contribution in [2.45, 2.75) is 13.1 Å². The average molecular weight is 394 g/mol. The van der Waals surface area contributed by atoms with E-state index in [4.69, 9.17) is 4.42 Å². The molecule has 1 aliphatic rings. The largest absolute Gasteiger partial charge is 0.467 e. The molecular formula is C20H22N6O3. The Labute approximate surface area is 168 Å². The van der Waals surface area contributed by atoms with Gasteiger partial charge in [-0.1, -0.05) is 30.3 Å². The Morgan fingerprint density at radius 3 is 2.55 bits per heavy atom. The lowest BCUT2D eigenvalue weighted by Gasteiger charge is -2.35. The quantitative estimate of drug-likeness (QED) is 0.482. The number of anilines is 2. The smallest absolute Gasteiger partial charge is 0.353 e. The number of rotatable bonds is 7.